The Bertz CT molecular complexity index is 336. The first-order valence-electron chi connectivity index (χ1n) is 4.88. The van der Waals surface area contributed by atoms with Crippen molar-refractivity contribution in [3.05, 3.63) is 35.4 Å². The summed E-state index contributed by atoms with van der Waals surface area (Å²) in [6.07, 6.45) is 0. The van der Waals surface area contributed by atoms with E-state index in [0.717, 1.165) is 17.7 Å². The minimum atomic E-state index is -0.306. The van der Waals surface area contributed by atoms with E-state index < -0.39 is 0 Å². The van der Waals surface area contributed by atoms with E-state index >= 15 is 0 Å². The highest BCUT2D eigenvalue weighted by Crippen LogP contribution is 2.21. The molecule has 0 aliphatic rings. The largest absolute Gasteiger partial charge is 0.354 e. The molecule has 0 fully saturated rings. The van der Waals surface area contributed by atoms with Gasteiger partial charge in [0.15, 0.2) is 5.78 Å². The molecule has 1 rings (SSSR count). The number of hydrogen-bond donors (Lipinski definition) is 1. The molecule has 2 nitrogen and oxygen atoms in total. The molecular weight excluding hydrogens is 174 g/mol. The quantitative estimate of drug-likeness (QED) is 0.711. The molecule has 1 aromatic rings. The Morgan fingerprint density at radius 2 is 2.00 bits per heavy atom. The maximum atomic E-state index is 11.9. The Kier molecular flexibility index (Phi) is 3.06. The van der Waals surface area contributed by atoms with Crippen LogP contribution in [0.3, 0.4) is 0 Å². The fourth-order valence-corrected chi connectivity index (χ4v) is 1.30. The molecule has 76 valence electrons. The SMILES string of the molecule is CC(C)(C)C(=O)c1cccc(C[NH3+])c1. The summed E-state index contributed by atoms with van der Waals surface area (Å²) in [5, 5.41) is 0. The van der Waals surface area contributed by atoms with E-state index in [1.54, 1.807) is 0 Å². The van der Waals surface area contributed by atoms with E-state index in [2.05, 4.69) is 5.73 Å². The summed E-state index contributed by atoms with van der Waals surface area (Å²) in [5.41, 5.74) is 5.40. The molecule has 0 radical (unpaired) electrons. The van der Waals surface area contributed by atoms with Crippen LogP contribution in [0.15, 0.2) is 24.3 Å². The fraction of sp³-hybridized carbons (Fsp3) is 0.417. The van der Waals surface area contributed by atoms with Crippen molar-refractivity contribution in [2.75, 3.05) is 0 Å². The van der Waals surface area contributed by atoms with Gasteiger partial charge in [-0.2, -0.15) is 0 Å². The van der Waals surface area contributed by atoms with Crippen molar-refractivity contribution in [2.24, 2.45) is 5.41 Å². The Morgan fingerprint density at radius 1 is 1.36 bits per heavy atom. The molecule has 0 spiro atoms. The zero-order chi connectivity index (χ0) is 10.8. The summed E-state index contributed by atoms with van der Waals surface area (Å²) < 4.78 is 0. The van der Waals surface area contributed by atoms with Gasteiger partial charge in [-0.05, 0) is 6.07 Å². The van der Waals surface area contributed by atoms with Gasteiger partial charge in [0.25, 0.3) is 0 Å². The van der Waals surface area contributed by atoms with Crippen molar-refractivity contribution in [2.45, 2.75) is 27.3 Å². The molecule has 0 aliphatic carbocycles. The van der Waals surface area contributed by atoms with Crippen molar-refractivity contribution >= 4 is 5.78 Å². The van der Waals surface area contributed by atoms with Crippen LogP contribution in [0.4, 0.5) is 0 Å². The minimum absolute atomic E-state index is 0.188. The van der Waals surface area contributed by atoms with E-state index in [1.807, 2.05) is 45.0 Å². The van der Waals surface area contributed by atoms with Gasteiger partial charge in [0.1, 0.15) is 0 Å². The summed E-state index contributed by atoms with van der Waals surface area (Å²) in [5.74, 6) is 0.188. The van der Waals surface area contributed by atoms with Crippen LogP contribution in [-0.2, 0) is 6.54 Å². The first-order valence-corrected chi connectivity index (χ1v) is 4.88. The second-order valence-electron chi connectivity index (χ2n) is 4.53. The van der Waals surface area contributed by atoms with E-state index in [0.29, 0.717) is 0 Å². The maximum Gasteiger partial charge on any atom is 0.168 e. The predicted molar refractivity (Wildman–Crippen MR) is 56.8 cm³/mol. The smallest absolute Gasteiger partial charge is 0.168 e. The van der Waals surface area contributed by atoms with E-state index in [9.17, 15) is 4.79 Å². The number of benzene rings is 1. The van der Waals surface area contributed by atoms with Crippen molar-refractivity contribution in [3.8, 4) is 0 Å². The zero-order valence-electron chi connectivity index (χ0n) is 9.13. The van der Waals surface area contributed by atoms with Gasteiger partial charge in [-0.25, -0.2) is 0 Å². The number of rotatable bonds is 2. The van der Waals surface area contributed by atoms with Crippen LogP contribution >= 0.6 is 0 Å². The lowest BCUT2D eigenvalue weighted by molar-refractivity contribution is -0.386. The van der Waals surface area contributed by atoms with Crippen LogP contribution in [0.5, 0.6) is 0 Å². The minimum Gasteiger partial charge on any atom is -0.354 e. The summed E-state index contributed by atoms with van der Waals surface area (Å²) >= 11 is 0. The van der Waals surface area contributed by atoms with Crippen molar-refractivity contribution in [3.63, 3.8) is 0 Å². The van der Waals surface area contributed by atoms with Crippen LogP contribution in [0.25, 0.3) is 0 Å². The van der Waals surface area contributed by atoms with Gasteiger partial charge < -0.3 is 5.73 Å². The molecule has 2 heteroatoms. The number of hydrogen-bond acceptors (Lipinski definition) is 1. The zero-order valence-corrected chi connectivity index (χ0v) is 9.13. The highest BCUT2D eigenvalue weighted by atomic mass is 16.1. The predicted octanol–water partition coefficient (Wildman–Crippen LogP) is 1.66. The lowest BCUT2D eigenvalue weighted by Gasteiger charge is -2.16. The average molecular weight is 192 g/mol. The molecule has 0 unspecified atom stereocenters. The van der Waals surface area contributed by atoms with Crippen LogP contribution in [0.1, 0.15) is 36.7 Å². The van der Waals surface area contributed by atoms with Crippen molar-refractivity contribution in [1.29, 1.82) is 0 Å². The molecule has 0 atom stereocenters. The third-order valence-electron chi connectivity index (χ3n) is 2.16. The van der Waals surface area contributed by atoms with Gasteiger partial charge in [-0.15, -0.1) is 0 Å². The number of Topliss-reactive ketones (excluding diaryl/α,β-unsaturated/α-hetero) is 1. The second-order valence-corrected chi connectivity index (χ2v) is 4.53. The molecule has 0 saturated heterocycles. The van der Waals surface area contributed by atoms with Gasteiger partial charge in [0.05, 0.1) is 6.54 Å². The number of quaternary nitrogens is 1. The number of carbonyl (C=O) groups excluding carboxylic acids is 1. The lowest BCUT2D eigenvalue weighted by atomic mass is 9.86. The molecule has 0 aromatic heterocycles. The molecular formula is C12H18NO+. The Hall–Kier alpha value is -1.15. The Balaban J connectivity index is 3.02. The van der Waals surface area contributed by atoms with Gasteiger partial charge >= 0.3 is 0 Å². The highest BCUT2D eigenvalue weighted by Gasteiger charge is 2.22. The molecule has 0 amide bonds. The summed E-state index contributed by atoms with van der Waals surface area (Å²) in [4.78, 5) is 11.9. The van der Waals surface area contributed by atoms with Gasteiger partial charge in [-0.1, -0.05) is 39.0 Å². The normalized spacial score (nSPS) is 11.4. The lowest BCUT2D eigenvalue weighted by Crippen LogP contribution is -2.47. The van der Waals surface area contributed by atoms with Crippen molar-refractivity contribution < 1.29 is 10.5 Å². The standard InChI is InChI=1S/C12H17NO/c1-12(2,3)11(14)10-6-4-5-9(7-10)8-13/h4-7H,8,13H2,1-3H3/p+1. The molecule has 0 bridgehead atoms. The second kappa shape index (κ2) is 3.93. The summed E-state index contributed by atoms with van der Waals surface area (Å²) in [6.45, 7) is 6.54. The Labute approximate surface area is 85.1 Å². The molecule has 0 heterocycles. The van der Waals surface area contributed by atoms with Gasteiger partial charge in [0.2, 0.25) is 0 Å². The van der Waals surface area contributed by atoms with Crippen LogP contribution in [0.2, 0.25) is 0 Å². The first kappa shape index (κ1) is 10.9. The third kappa shape index (κ3) is 2.42. The first-order chi connectivity index (χ1) is 6.45. The molecule has 3 N–H and O–H groups in total. The van der Waals surface area contributed by atoms with Gasteiger partial charge in [-0.3, -0.25) is 4.79 Å². The Morgan fingerprint density at radius 3 is 2.50 bits per heavy atom. The summed E-state index contributed by atoms with van der Waals surface area (Å²) in [7, 11) is 0. The highest BCUT2D eigenvalue weighted by molar-refractivity contribution is 5.99. The number of carbonyl (C=O) groups is 1. The van der Waals surface area contributed by atoms with E-state index in [4.69, 9.17) is 0 Å². The fourth-order valence-electron chi connectivity index (χ4n) is 1.30. The van der Waals surface area contributed by atoms with Crippen LogP contribution < -0.4 is 5.73 Å². The topological polar surface area (TPSA) is 44.7 Å². The molecule has 1 aromatic carbocycles. The van der Waals surface area contributed by atoms with Gasteiger partial charge in [0, 0.05) is 16.5 Å². The van der Waals surface area contributed by atoms with Crippen LogP contribution in [-0.4, -0.2) is 5.78 Å². The molecule has 0 aliphatic heterocycles. The number of ketones is 1. The molecule has 14 heavy (non-hydrogen) atoms. The van der Waals surface area contributed by atoms with Crippen LogP contribution in [0, 0.1) is 5.41 Å². The monoisotopic (exact) mass is 192 g/mol. The summed E-state index contributed by atoms with van der Waals surface area (Å²) in [6, 6.07) is 7.71. The maximum absolute atomic E-state index is 11.9. The van der Waals surface area contributed by atoms with E-state index in [-0.39, 0.29) is 11.2 Å². The average Bonchev–Trinajstić information content (AvgIpc) is 2.15. The van der Waals surface area contributed by atoms with E-state index in [1.165, 1.54) is 0 Å². The third-order valence-corrected chi connectivity index (χ3v) is 2.16. The van der Waals surface area contributed by atoms with Crippen molar-refractivity contribution in [1.82, 2.24) is 0 Å². The molecule has 0 saturated carbocycles.